The van der Waals surface area contributed by atoms with E-state index in [1.807, 2.05) is 54.3 Å². The molecule has 0 aromatic heterocycles. The van der Waals surface area contributed by atoms with E-state index in [2.05, 4.69) is 5.32 Å². The summed E-state index contributed by atoms with van der Waals surface area (Å²) in [5.41, 5.74) is 2.37. The molecule has 2 aliphatic heterocycles. The van der Waals surface area contributed by atoms with E-state index in [1.165, 1.54) is 0 Å². The van der Waals surface area contributed by atoms with E-state index in [1.54, 1.807) is 7.11 Å². The number of ether oxygens (including phenoxy) is 3. The topological polar surface area (TPSA) is 60.0 Å². The van der Waals surface area contributed by atoms with Crippen molar-refractivity contribution in [3.8, 4) is 11.5 Å². The van der Waals surface area contributed by atoms with Crippen LogP contribution in [-0.2, 0) is 4.74 Å². The maximum Gasteiger partial charge on any atom is 0.257 e. The zero-order valence-electron chi connectivity index (χ0n) is 16.3. The first kappa shape index (κ1) is 18.6. The molecule has 2 aliphatic rings. The average molecular weight is 382 g/mol. The summed E-state index contributed by atoms with van der Waals surface area (Å²) in [6.07, 6.45) is 1.69. The molecule has 0 unspecified atom stereocenters. The molecule has 1 fully saturated rings. The summed E-state index contributed by atoms with van der Waals surface area (Å²) in [6, 6.07) is 13.4. The minimum atomic E-state index is -0.359. The van der Waals surface area contributed by atoms with Crippen molar-refractivity contribution in [1.82, 2.24) is 4.90 Å². The second-order valence-electron chi connectivity index (χ2n) is 7.00. The van der Waals surface area contributed by atoms with Crippen LogP contribution in [0.15, 0.2) is 42.5 Å². The van der Waals surface area contributed by atoms with Crippen LogP contribution < -0.4 is 14.8 Å². The number of rotatable bonds is 6. The highest BCUT2D eigenvalue weighted by molar-refractivity contribution is 6.01. The van der Waals surface area contributed by atoms with Crippen LogP contribution >= 0.6 is 0 Å². The molecule has 1 saturated heterocycles. The number of hydrogen-bond donors (Lipinski definition) is 1. The summed E-state index contributed by atoms with van der Waals surface area (Å²) >= 11 is 0. The van der Waals surface area contributed by atoms with Crippen LogP contribution in [0.4, 0.5) is 5.69 Å². The number of methoxy groups -OCH3 is 1. The van der Waals surface area contributed by atoms with Crippen molar-refractivity contribution in [2.75, 3.05) is 32.2 Å². The van der Waals surface area contributed by atoms with Gasteiger partial charge in [-0.05, 0) is 38.0 Å². The van der Waals surface area contributed by atoms with Gasteiger partial charge in [-0.2, -0.15) is 0 Å². The van der Waals surface area contributed by atoms with Crippen LogP contribution in [0.5, 0.6) is 11.5 Å². The number of carbonyl (C=O) groups excluding carboxylic acids is 1. The molecule has 0 aliphatic carbocycles. The average Bonchev–Trinajstić information content (AvgIpc) is 3.23. The molecule has 2 heterocycles. The Labute approximate surface area is 165 Å². The Morgan fingerprint density at radius 1 is 1.21 bits per heavy atom. The lowest BCUT2D eigenvalue weighted by Gasteiger charge is -2.39. The van der Waals surface area contributed by atoms with Gasteiger partial charge in [0.15, 0.2) is 11.5 Å². The maximum atomic E-state index is 13.4. The van der Waals surface area contributed by atoms with Gasteiger partial charge in [0, 0.05) is 24.4 Å². The summed E-state index contributed by atoms with van der Waals surface area (Å²) in [7, 11) is 1.63. The number of amides is 1. The molecule has 4 rings (SSSR count). The highest BCUT2D eigenvalue weighted by Crippen LogP contribution is 2.41. The van der Waals surface area contributed by atoms with Crippen LogP contribution in [0.3, 0.4) is 0 Å². The molecule has 0 bridgehead atoms. The van der Waals surface area contributed by atoms with Gasteiger partial charge in [-0.25, -0.2) is 0 Å². The number of para-hydroxylation sites is 2. The van der Waals surface area contributed by atoms with Crippen LogP contribution in [-0.4, -0.2) is 43.8 Å². The molecule has 1 amide bonds. The second kappa shape index (κ2) is 8.10. The van der Waals surface area contributed by atoms with Crippen molar-refractivity contribution in [3.05, 3.63) is 53.6 Å². The van der Waals surface area contributed by atoms with Crippen molar-refractivity contribution in [3.63, 3.8) is 0 Å². The normalized spacial score (nSPS) is 21.2. The Bertz CT molecular complexity index is 848. The summed E-state index contributed by atoms with van der Waals surface area (Å²) in [5.74, 6) is 1.32. The van der Waals surface area contributed by atoms with Crippen LogP contribution in [0.1, 0.15) is 41.9 Å². The quantitative estimate of drug-likeness (QED) is 0.823. The van der Waals surface area contributed by atoms with Crippen molar-refractivity contribution >= 4 is 11.6 Å². The van der Waals surface area contributed by atoms with Gasteiger partial charge < -0.3 is 24.4 Å². The molecule has 0 spiro atoms. The summed E-state index contributed by atoms with van der Waals surface area (Å²) in [4.78, 5) is 15.2. The van der Waals surface area contributed by atoms with Gasteiger partial charge in [-0.15, -0.1) is 0 Å². The summed E-state index contributed by atoms with van der Waals surface area (Å²) < 4.78 is 17.3. The van der Waals surface area contributed by atoms with Gasteiger partial charge in [0.05, 0.1) is 25.4 Å². The molecule has 2 atom stereocenters. The Hall–Kier alpha value is -2.73. The van der Waals surface area contributed by atoms with Crippen molar-refractivity contribution in [2.45, 2.75) is 32.0 Å². The minimum Gasteiger partial charge on any atom is -0.492 e. The van der Waals surface area contributed by atoms with E-state index >= 15 is 0 Å². The number of hydrogen-bond acceptors (Lipinski definition) is 5. The number of nitrogens with one attached hydrogen (secondary N) is 1. The Morgan fingerprint density at radius 3 is 2.82 bits per heavy atom. The third-order valence-corrected chi connectivity index (χ3v) is 5.25. The first-order chi connectivity index (χ1) is 13.7. The first-order valence-corrected chi connectivity index (χ1v) is 9.80. The molecule has 1 N–H and O–H groups in total. The number of anilines is 1. The number of carbonyl (C=O) groups is 1. The lowest BCUT2D eigenvalue weighted by Crippen LogP contribution is -2.46. The van der Waals surface area contributed by atoms with Crippen LogP contribution in [0, 0.1) is 0 Å². The molecule has 6 heteroatoms. The number of benzene rings is 2. The lowest BCUT2D eigenvalue weighted by molar-refractivity contribution is 0.0424. The number of nitrogens with zero attached hydrogens (tertiary/aromatic N) is 1. The maximum absolute atomic E-state index is 13.4. The molecule has 2 aromatic rings. The van der Waals surface area contributed by atoms with Gasteiger partial charge in [-0.3, -0.25) is 4.79 Å². The zero-order chi connectivity index (χ0) is 19.5. The fraction of sp³-hybridized carbons (Fsp3) is 0.409. The second-order valence-corrected chi connectivity index (χ2v) is 7.00. The van der Waals surface area contributed by atoms with E-state index < -0.39 is 0 Å². The minimum absolute atomic E-state index is 0.00119. The molecule has 148 valence electrons. The van der Waals surface area contributed by atoms with Crippen molar-refractivity contribution < 1.29 is 19.0 Å². The highest BCUT2D eigenvalue weighted by atomic mass is 16.5. The Kier molecular flexibility index (Phi) is 5.39. The third kappa shape index (κ3) is 3.40. The van der Waals surface area contributed by atoms with Gasteiger partial charge in [0.1, 0.15) is 6.17 Å². The van der Waals surface area contributed by atoms with E-state index in [9.17, 15) is 4.79 Å². The molecule has 6 nitrogen and oxygen atoms in total. The molecule has 0 saturated carbocycles. The largest absolute Gasteiger partial charge is 0.492 e. The van der Waals surface area contributed by atoms with Crippen LogP contribution in [0.25, 0.3) is 0 Å². The Morgan fingerprint density at radius 2 is 2.07 bits per heavy atom. The SMILES string of the molecule is CCOc1cccc([C@H]2Nc3ccccc3C(=O)N2C[C@@H]2CCCO2)c1OC. The Balaban J connectivity index is 1.76. The first-order valence-electron chi connectivity index (χ1n) is 9.80. The number of fused-ring (bicyclic) bond motifs is 1. The molecule has 28 heavy (non-hydrogen) atoms. The van der Waals surface area contributed by atoms with E-state index in [0.29, 0.717) is 30.2 Å². The molecule has 2 aromatic carbocycles. The fourth-order valence-corrected chi connectivity index (χ4v) is 3.97. The summed E-state index contributed by atoms with van der Waals surface area (Å²) in [5, 5.41) is 3.53. The molecule has 0 radical (unpaired) electrons. The van der Waals surface area contributed by atoms with E-state index in [4.69, 9.17) is 14.2 Å². The lowest BCUT2D eigenvalue weighted by atomic mass is 10.0. The van der Waals surface area contributed by atoms with Gasteiger partial charge in [0.2, 0.25) is 0 Å². The molecular weight excluding hydrogens is 356 g/mol. The van der Waals surface area contributed by atoms with Gasteiger partial charge in [-0.1, -0.05) is 24.3 Å². The standard InChI is InChI=1S/C22H26N2O4/c1-3-27-19-12-6-10-17(20(19)26-2)21-23-18-11-5-4-9-16(18)22(25)24(21)14-15-8-7-13-28-15/h4-6,9-12,15,21,23H,3,7-8,13-14H2,1-2H3/t15-,21-/m0/s1. The van der Waals surface area contributed by atoms with Crippen LogP contribution in [0.2, 0.25) is 0 Å². The van der Waals surface area contributed by atoms with E-state index in [-0.39, 0.29) is 18.2 Å². The monoisotopic (exact) mass is 382 g/mol. The van der Waals surface area contributed by atoms with Crippen molar-refractivity contribution in [1.29, 1.82) is 0 Å². The van der Waals surface area contributed by atoms with E-state index in [0.717, 1.165) is 30.7 Å². The zero-order valence-corrected chi connectivity index (χ0v) is 16.3. The fourth-order valence-electron chi connectivity index (χ4n) is 3.97. The summed E-state index contributed by atoms with van der Waals surface area (Å²) in [6.45, 7) is 3.77. The van der Waals surface area contributed by atoms with Crippen molar-refractivity contribution in [2.24, 2.45) is 0 Å². The highest BCUT2D eigenvalue weighted by Gasteiger charge is 2.37. The van der Waals surface area contributed by atoms with Gasteiger partial charge in [0.25, 0.3) is 5.91 Å². The predicted molar refractivity (Wildman–Crippen MR) is 107 cm³/mol. The third-order valence-electron chi connectivity index (χ3n) is 5.25. The molecular formula is C22H26N2O4. The van der Waals surface area contributed by atoms with Gasteiger partial charge >= 0.3 is 0 Å². The predicted octanol–water partition coefficient (Wildman–Crippen LogP) is 3.84. The smallest absolute Gasteiger partial charge is 0.257 e.